The molecule has 0 bridgehead atoms. The fourth-order valence-corrected chi connectivity index (χ4v) is 1.97. The number of hydrogen-bond acceptors (Lipinski definition) is 5. The molecule has 0 aliphatic carbocycles. The van der Waals surface area contributed by atoms with E-state index in [2.05, 4.69) is 0 Å². The Morgan fingerprint density at radius 1 is 1.35 bits per heavy atom. The Kier molecular flexibility index (Phi) is 5.80. The molecule has 0 radical (unpaired) electrons. The molecule has 116 valence electrons. The molecule has 1 rings (SSSR count). The van der Waals surface area contributed by atoms with Crippen LogP contribution in [-0.2, 0) is 14.3 Å². The van der Waals surface area contributed by atoms with E-state index in [1.54, 1.807) is 20.8 Å². The lowest BCUT2D eigenvalue weighted by molar-refractivity contribution is -0.149. The highest BCUT2D eigenvalue weighted by atomic mass is 16.6. The number of carbonyl (C=O) groups excluding carboxylic acids is 2. The number of hydrogen-bond donors (Lipinski definition) is 1. The summed E-state index contributed by atoms with van der Waals surface area (Å²) < 4.78 is 10.4. The molecule has 6 heteroatoms. The molecule has 1 amide bonds. The molecule has 0 aromatic rings. The van der Waals surface area contributed by atoms with Crippen molar-refractivity contribution in [1.82, 2.24) is 4.90 Å². The van der Waals surface area contributed by atoms with Crippen molar-refractivity contribution in [3.63, 3.8) is 0 Å². The summed E-state index contributed by atoms with van der Waals surface area (Å²) in [7, 11) is 0. The van der Waals surface area contributed by atoms with Gasteiger partial charge < -0.3 is 14.6 Å². The molecular weight excluding hydrogens is 262 g/mol. The Bertz CT molecular complexity index is 350. The summed E-state index contributed by atoms with van der Waals surface area (Å²) in [4.78, 5) is 25.3. The summed E-state index contributed by atoms with van der Waals surface area (Å²) >= 11 is 0. The van der Waals surface area contributed by atoms with Crippen LogP contribution in [0.25, 0.3) is 0 Å². The number of β-amino-alcohol motifs (C(OH)–C–C–N with tert-alkyl or cyclic N) is 1. The topological polar surface area (TPSA) is 76.1 Å². The average molecular weight is 287 g/mol. The molecule has 1 fully saturated rings. The van der Waals surface area contributed by atoms with Crippen LogP contribution in [0.15, 0.2) is 0 Å². The molecule has 0 aromatic carbocycles. The van der Waals surface area contributed by atoms with E-state index in [4.69, 9.17) is 9.47 Å². The normalized spacial score (nSPS) is 22.8. The number of unbranched alkanes of at least 4 members (excludes halogenated alkanes) is 1. The Balaban J connectivity index is 2.63. The SMILES string of the molecule is CCCCOC(=O)[C@@H]1C[C@H](O)CN1C(=O)OC(C)(C)C. The zero-order valence-electron chi connectivity index (χ0n) is 12.7. The predicted octanol–water partition coefficient (Wildman–Crippen LogP) is 1.70. The van der Waals surface area contributed by atoms with Gasteiger partial charge in [0.1, 0.15) is 11.6 Å². The molecule has 2 atom stereocenters. The largest absolute Gasteiger partial charge is 0.464 e. The highest BCUT2D eigenvalue weighted by Crippen LogP contribution is 2.22. The van der Waals surface area contributed by atoms with Crippen molar-refractivity contribution in [3.05, 3.63) is 0 Å². The van der Waals surface area contributed by atoms with Crippen molar-refractivity contribution in [2.24, 2.45) is 0 Å². The standard InChI is InChI=1S/C14H25NO5/c1-5-6-7-19-12(17)11-8-10(16)9-15(11)13(18)20-14(2,3)4/h10-11,16H,5-9H2,1-4H3/t10-,11-/m0/s1. The lowest BCUT2D eigenvalue weighted by Crippen LogP contribution is -2.44. The molecule has 0 spiro atoms. The summed E-state index contributed by atoms with van der Waals surface area (Å²) in [5.41, 5.74) is -0.638. The van der Waals surface area contributed by atoms with Gasteiger partial charge in [-0.25, -0.2) is 9.59 Å². The molecule has 0 saturated carbocycles. The van der Waals surface area contributed by atoms with Gasteiger partial charge in [-0.05, 0) is 27.2 Å². The van der Waals surface area contributed by atoms with Crippen molar-refractivity contribution in [3.8, 4) is 0 Å². The number of esters is 1. The minimum absolute atomic E-state index is 0.0997. The van der Waals surface area contributed by atoms with Crippen LogP contribution in [0.2, 0.25) is 0 Å². The monoisotopic (exact) mass is 287 g/mol. The molecule has 1 aliphatic rings. The summed E-state index contributed by atoms with van der Waals surface area (Å²) in [6.07, 6.45) is 0.603. The van der Waals surface area contributed by atoms with Crippen molar-refractivity contribution in [2.45, 2.75) is 64.7 Å². The molecule has 1 N–H and O–H groups in total. The molecule has 1 aliphatic heterocycles. The van der Waals surface area contributed by atoms with E-state index in [9.17, 15) is 14.7 Å². The van der Waals surface area contributed by atoms with E-state index in [1.807, 2.05) is 6.92 Å². The van der Waals surface area contributed by atoms with Crippen molar-refractivity contribution in [2.75, 3.05) is 13.2 Å². The second kappa shape index (κ2) is 6.92. The van der Waals surface area contributed by atoms with Gasteiger partial charge in [-0.1, -0.05) is 13.3 Å². The third-order valence-electron chi connectivity index (χ3n) is 2.92. The van der Waals surface area contributed by atoms with Gasteiger partial charge in [-0.15, -0.1) is 0 Å². The lowest BCUT2D eigenvalue weighted by Gasteiger charge is -2.27. The Morgan fingerprint density at radius 3 is 2.55 bits per heavy atom. The van der Waals surface area contributed by atoms with E-state index in [-0.39, 0.29) is 13.0 Å². The zero-order chi connectivity index (χ0) is 15.3. The minimum atomic E-state index is -0.753. The van der Waals surface area contributed by atoms with Crippen LogP contribution in [0.4, 0.5) is 4.79 Å². The number of aliphatic hydroxyl groups excluding tert-OH is 1. The van der Waals surface area contributed by atoms with Crippen molar-refractivity contribution in [1.29, 1.82) is 0 Å². The summed E-state index contributed by atoms with van der Waals surface area (Å²) in [6, 6.07) is -0.753. The first-order valence-electron chi connectivity index (χ1n) is 7.09. The van der Waals surface area contributed by atoms with Crippen molar-refractivity contribution < 1.29 is 24.2 Å². The Morgan fingerprint density at radius 2 is 2.00 bits per heavy atom. The first-order valence-corrected chi connectivity index (χ1v) is 7.09. The van der Waals surface area contributed by atoms with Gasteiger partial charge in [0.2, 0.25) is 0 Å². The van der Waals surface area contributed by atoms with Gasteiger partial charge >= 0.3 is 12.1 Å². The number of nitrogens with zero attached hydrogens (tertiary/aromatic N) is 1. The average Bonchev–Trinajstić information content (AvgIpc) is 2.69. The van der Waals surface area contributed by atoms with Crippen LogP contribution in [0.5, 0.6) is 0 Å². The van der Waals surface area contributed by atoms with Crippen molar-refractivity contribution >= 4 is 12.1 Å². The predicted molar refractivity (Wildman–Crippen MR) is 73.2 cm³/mol. The minimum Gasteiger partial charge on any atom is -0.464 e. The third kappa shape index (κ3) is 5.00. The number of aliphatic hydroxyl groups is 1. The fourth-order valence-electron chi connectivity index (χ4n) is 1.97. The van der Waals surface area contributed by atoms with Crippen LogP contribution in [0.3, 0.4) is 0 Å². The van der Waals surface area contributed by atoms with E-state index in [1.165, 1.54) is 4.90 Å². The molecule has 20 heavy (non-hydrogen) atoms. The molecule has 0 unspecified atom stereocenters. The maximum atomic E-state index is 12.0. The van der Waals surface area contributed by atoms with Crippen LogP contribution in [-0.4, -0.2) is 53.0 Å². The van der Waals surface area contributed by atoms with Crippen LogP contribution >= 0.6 is 0 Å². The molecule has 0 aromatic heterocycles. The van der Waals surface area contributed by atoms with Gasteiger partial charge in [-0.3, -0.25) is 4.90 Å². The maximum Gasteiger partial charge on any atom is 0.411 e. The summed E-state index contributed by atoms with van der Waals surface area (Å²) in [5, 5.41) is 9.68. The molecular formula is C14H25NO5. The second-order valence-electron chi connectivity index (χ2n) is 6.06. The number of ether oxygens (including phenoxy) is 2. The smallest absolute Gasteiger partial charge is 0.411 e. The van der Waals surface area contributed by atoms with E-state index < -0.39 is 29.8 Å². The van der Waals surface area contributed by atoms with E-state index >= 15 is 0 Å². The molecule has 1 saturated heterocycles. The van der Waals surface area contributed by atoms with Gasteiger partial charge in [0.05, 0.1) is 19.3 Å². The van der Waals surface area contributed by atoms with Gasteiger partial charge in [0.25, 0.3) is 0 Å². The third-order valence-corrected chi connectivity index (χ3v) is 2.92. The molecule has 6 nitrogen and oxygen atoms in total. The van der Waals surface area contributed by atoms with Crippen LogP contribution in [0, 0.1) is 0 Å². The van der Waals surface area contributed by atoms with E-state index in [0.29, 0.717) is 6.61 Å². The quantitative estimate of drug-likeness (QED) is 0.629. The Hall–Kier alpha value is -1.30. The van der Waals surface area contributed by atoms with Crippen LogP contribution < -0.4 is 0 Å². The Labute approximate surface area is 120 Å². The zero-order valence-corrected chi connectivity index (χ0v) is 12.7. The number of amides is 1. The molecule has 1 heterocycles. The highest BCUT2D eigenvalue weighted by molar-refractivity contribution is 5.82. The number of likely N-dealkylation sites (tertiary alicyclic amines) is 1. The fraction of sp³-hybridized carbons (Fsp3) is 0.857. The lowest BCUT2D eigenvalue weighted by atomic mass is 10.2. The first kappa shape index (κ1) is 16.8. The van der Waals surface area contributed by atoms with E-state index in [0.717, 1.165) is 12.8 Å². The van der Waals surface area contributed by atoms with Gasteiger partial charge in [-0.2, -0.15) is 0 Å². The highest BCUT2D eigenvalue weighted by Gasteiger charge is 2.41. The maximum absolute atomic E-state index is 12.0. The second-order valence-corrected chi connectivity index (χ2v) is 6.06. The van der Waals surface area contributed by atoms with Crippen LogP contribution in [0.1, 0.15) is 47.0 Å². The van der Waals surface area contributed by atoms with Gasteiger partial charge in [0, 0.05) is 6.42 Å². The summed E-state index contributed by atoms with van der Waals surface area (Å²) in [5.74, 6) is -0.471. The van der Waals surface area contributed by atoms with Gasteiger partial charge in [0.15, 0.2) is 0 Å². The number of rotatable bonds is 4. The summed E-state index contributed by atoms with van der Waals surface area (Å²) in [6.45, 7) is 7.70. The first-order chi connectivity index (χ1) is 9.24. The number of carbonyl (C=O) groups is 2.